The molecule has 0 aliphatic carbocycles. The maximum atomic E-state index is 11.7. The molecule has 1 aromatic heterocycles. The van der Waals surface area contributed by atoms with Gasteiger partial charge in [-0.2, -0.15) is 0 Å². The van der Waals surface area contributed by atoms with Crippen LogP contribution in [0.3, 0.4) is 0 Å². The van der Waals surface area contributed by atoms with Gasteiger partial charge in [-0.25, -0.2) is 0 Å². The zero-order chi connectivity index (χ0) is 10.7. The van der Waals surface area contributed by atoms with Gasteiger partial charge in [-0.3, -0.25) is 4.79 Å². The van der Waals surface area contributed by atoms with Crippen LogP contribution in [0.25, 0.3) is 0 Å². The van der Waals surface area contributed by atoms with Crippen molar-refractivity contribution < 1.29 is 4.79 Å². The van der Waals surface area contributed by atoms with Gasteiger partial charge < -0.3 is 10.6 Å². The third-order valence-corrected chi connectivity index (χ3v) is 3.75. The normalized spacial score (nSPS) is 18.2. The molecule has 1 fully saturated rings. The van der Waals surface area contributed by atoms with Crippen LogP contribution >= 0.6 is 11.3 Å². The van der Waals surface area contributed by atoms with Crippen molar-refractivity contribution >= 4 is 17.2 Å². The molecule has 0 bridgehead atoms. The van der Waals surface area contributed by atoms with E-state index in [1.165, 1.54) is 4.88 Å². The standard InChI is InChI=1S/C11H16N2OS/c1-2-9(10-4-3-5-15-10)13-11(14)8-6-12-7-8/h3-5,8-9,12H,2,6-7H2,1H3,(H,13,14). The first-order chi connectivity index (χ1) is 7.31. The molecule has 3 nitrogen and oxygen atoms in total. The number of carbonyl (C=O) groups is 1. The first kappa shape index (κ1) is 10.6. The van der Waals surface area contributed by atoms with E-state index in [1.807, 2.05) is 6.07 Å². The molecule has 15 heavy (non-hydrogen) atoms. The van der Waals surface area contributed by atoms with Crippen molar-refractivity contribution in [2.24, 2.45) is 5.92 Å². The molecule has 2 heterocycles. The monoisotopic (exact) mass is 224 g/mol. The molecular formula is C11H16N2OS. The molecular weight excluding hydrogens is 208 g/mol. The van der Waals surface area contributed by atoms with Gasteiger partial charge in [0.2, 0.25) is 5.91 Å². The third kappa shape index (κ3) is 2.38. The fourth-order valence-electron chi connectivity index (χ4n) is 1.63. The molecule has 1 unspecified atom stereocenters. The van der Waals surface area contributed by atoms with E-state index in [1.54, 1.807) is 11.3 Å². The van der Waals surface area contributed by atoms with Gasteiger partial charge in [0.15, 0.2) is 0 Å². The predicted octanol–water partition coefficient (Wildman–Crippen LogP) is 1.53. The first-order valence-electron chi connectivity index (χ1n) is 5.35. The average Bonchev–Trinajstić information content (AvgIpc) is 2.63. The van der Waals surface area contributed by atoms with Crippen LogP contribution in [-0.2, 0) is 4.79 Å². The summed E-state index contributed by atoms with van der Waals surface area (Å²) in [7, 11) is 0. The van der Waals surface area contributed by atoms with E-state index in [4.69, 9.17) is 0 Å². The molecule has 1 aliphatic rings. The second-order valence-corrected chi connectivity index (χ2v) is 4.82. The Morgan fingerprint density at radius 2 is 2.53 bits per heavy atom. The molecule has 2 rings (SSSR count). The summed E-state index contributed by atoms with van der Waals surface area (Å²) in [5.74, 6) is 0.369. The van der Waals surface area contributed by atoms with Crippen molar-refractivity contribution in [1.29, 1.82) is 0 Å². The van der Waals surface area contributed by atoms with E-state index < -0.39 is 0 Å². The van der Waals surface area contributed by atoms with Gasteiger partial charge in [-0.05, 0) is 17.9 Å². The Hall–Kier alpha value is -0.870. The number of hydrogen-bond acceptors (Lipinski definition) is 3. The van der Waals surface area contributed by atoms with Gasteiger partial charge in [0.05, 0.1) is 12.0 Å². The van der Waals surface area contributed by atoms with Crippen molar-refractivity contribution in [1.82, 2.24) is 10.6 Å². The Bertz CT molecular complexity index is 319. The van der Waals surface area contributed by atoms with Crippen molar-refractivity contribution in [2.45, 2.75) is 19.4 Å². The van der Waals surface area contributed by atoms with Crippen LogP contribution < -0.4 is 10.6 Å². The summed E-state index contributed by atoms with van der Waals surface area (Å²) >= 11 is 1.70. The number of amides is 1. The molecule has 4 heteroatoms. The van der Waals surface area contributed by atoms with Crippen molar-refractivity contribution in [3.05, 3.63) is 22.4 Å². The van der Waals surface area contributed by atoms with E-state index in [9.17, 15) is 4.79 Å². The maximum Gasteiger partial charge on any atom is 0.226 e. The number of nitrogens with one attached hydrogen (secondary N) is 2. The smallest absolute Gasteiger partial charge is 0.226 e. The van der Waals surface area contributed by atoms with Crippen LogP contribution in [0.5, 0.6) is 0 Å². The lowest BCUT2D eigenvalue weighted by atomic mass is 10.0. The van der Waals surface area contributed by atoms with Crippen LogP contribution in [0.4, 0.5) is 0 Å². The van der Waals surface area contributed by atoms with Gasteiger partial charge in [-0.15, -0.1) is 11.3 Å². The van der Waals surface area contributed by atoms with E-state index >= 15 is 0 Å². The quantitative estimate of drug-likeness (QED) is 0.814. The molecule has 1 aromatic rings. The van der Waals surface area contributed by atoms with Gasteiger partial charge >= 0.3 is 0 Å². The fraction of sp³-hybridized carbons (Fsp3) is 0.545. The molecule has 2 N–H and O–H groups in total. The van der Waals surface area contributed by atoms with E-state index in [0.717, 1.165) is 19.5 Å². The minimum Gasteiger partial charge on any atom is -0.348 e. The highest BCUT2D eigenvalue weighted by molar-refractivity contribution is 7.10. The molecule has 0 radical (unpaired) electrons. The number of carbonyl (C=O) groups excluding carboxylic acids is 1. The summed E-state index contributed by atoms with van der Waals surface area (Å²) in [6, 6.07) is 4.30. The average molecular weight is 224 g/mol. The first-order valence-corrected chi connectivity index (χ1v) is 6.23. The Balaban J connectivity index is 1.93. The van der Waals surface area contributed by atoms with Crippen LogP contribution in [0.1, 0.15) is 24.3 Å². The summed E-state index contributed by atoms with van der Waals surface area (Å²) in [4.78, 5) is 13.0. The van der Waals surface area contributed by atoms with Gasteiger partial charge in [-0.1, -0.05) is 13.0 Å². The minimum atomic E-state index is 0.180. The minimum absolute atomic E-state index is 0.180. The molecule has 1 atom stereocenters. The highest BCUT2D eigenvalue weighted by atomic mass is 32.1. The summed E-state index contributed by atoms with van der Waals surface area (Å²) < 4.78 is 0. The van der Waals surface area contributed by atoms with Crippen molar-refractivity contribution in [3.8, 4) is 0 Å². The largest absolute Gasteiger partial charge is 0.348 e. The number of thiophene rings is 1. The summed E-state index contributed by atoms with van der Waals surface area (Å²) in [6.07, 6.45) is 0.951. The summed E-state index contributed by atoms with van der Waals surface area (Å²) in [5, 5.41) is 8.26. The third-order valence-electron chi connectivity index (χ3n) is 2.76. The molecule has 1 aliphatic heterocycles. The van der Waals surface area contributed by atoms with Gasteiger partial charge in [0, 0.05) is 18.0 Å². The summed E-state index contributed by atoms with van der Waals surface area (Å²) in [6.45, 7) is 3.75. The van der Waals surface area contributed by atoms with Crippen LogP contribution in [0.15, 0.2) is 17.5 Å². The number of rotatable bonds is 4. The summed E-state index contributed by atoms with van der Waals surface area (Å²) in [5.41, 5.74) is 0. The van der Waals surface area contributed by atoms with E-state index in [2.05, 4.69) is 29.0 Å². The lowest BCUT2D eigenvalue weighted by Crippen LogP contribution is -2.51. The highest BCUT2D eigenvalue weighted by Crippen LogP contribution is 2.22. The van der Waals surface area contributed by atoms with E-state index in [-0.39, 0.29) is 17.9 Å². The Morgan fingerprint density at radius 3 is 3.00 bits per heavy atom. The molecule has 0 spiro atoms. The maximum absolute atomic E-state index is 11.7. The predicted molar refractivity (Wildman–Crippen MR) is 61.9 cm³/mol. The van der Waals surface area contributed by atoms with Crippen LogP contribution in [-0.4, -0.2) is 19.0 Å². The zero-order valence-corrected chi connectivity index (χ0v) is 9.64. The Kier molecular flexibility index (Phi) is 3.38. The molecule has 1 amide bonds. The second kappa shape index (κ2) is 4.77. The topological polar surface area (TPSA) is 41.1 Å². The lowest BCUT2D eigenvalue weighted by molar-refractivity contribution is -0.127. The van der Waals surface area contributed by atoms with Crippen molar-refractivity contribution in [2.75, 3.05) is 13.1 Å². The molecule has 0 saturated carbocycles. The Morgan fingerprint density at radius 1 is 1.73 bits per heavy atom. The van der Waals surface area contributed by atoms with Gasteiger partial charge in [0.1, 0.15) is 0 Å². The molecule has 82 valence electrons. The van der Waals surface area contributed by atoms with Crippen LogP contribution in [0, 0.1) is 5.92 Å². The molecule has 0 aromatic carbocycles. The van der Waals surface area contributed by atoms with Gasteiger partial charge in [0.25, 0.3) is 0 Å². The fourth-order valence-corrected chi connectivity index (χ4v) is 2.49. The SMILES string of the molecule is CCC(NC(=O)C1CNC1)c1cccs1. The highest BCUT2D eigenvalue weighted by Gasteiger charge is 2.26. The van der Waals surface area contributed by atoms with E-state index in [0.29, 0.717) is 0 Å². The Labute approximate surface area is 93.9 Å². The lowest BCUT2D eigenvalue weighted by Gasteiger charge is -2.28. The number of hydrogen-bond donors (Lipinski definition) is 2. The van der Waals surface area contributed by atoms with Crippen molar-refractivity contribution in [3.63, 3.8) is 0 Å². The zero-order valence-electron chi connectivity index (χ0n) is 8.82. The van der Waals surface area contributed by atoms with Crippen LogP contribution in [0.2, 0.25) is 0 Å². The second-order valence-electron chi connectivity index (χ2n) is 3.84. The molecule has 1 saturated heterocycles.